The van der Waals surface area contributed by atoms with E-state index in [-0.39, 0.29) is 75.7 Å². The van der Waals surface area contributed by atoms with Gasteiger partial charge in [-0.05, 0) is 30.3 Å². The topological polar surface area (TPSA) is 143 Å². The number of nitrogens with one attached hydrogen (secondary N) is 2. The van der Waals surface area contributed by atoms with Gasteiger partial charge in [0.25, 0.3) is 11.8 Å². The Morgan fingerprint density at radius 3 is 1.93 bits per heavy atom. The van der Waals surface area contributed by atoms with Crippen LogP contribution in [0.25, 0.3) is 0 Å². The Kier molecular flexibility index (Phi) is 10.5. The number of carbonyl (C=O) groups is 4. The van der Waals surface area contributed by atoms with Crippen LogP contribution in [-0.4, -0.2) is 82.5 Å². The molecule has 2 N–H and O–H groups in total. The summed E-state index contributed by atoms with van der Waals surface area (Å²) in [6.45, 7) is 0.426. The van der Waals surface area contributed by atoms with Gasteiger partial charge in [0.2, 0.25) is 0 Å². The van der Waals surface area contributed by atoms with E-state index < -0.39 is 29.6 Å². The maximum absolute atomic E-state index is 13.0. The first kappa shape index (κ1) is 32.1. The molecule has 1 aliphatic rings. The van der Waals surface area contributed by atoms with Crippen molar-refractivity contribution >= 4 is 76.0 Å². The summed E-state index contributed by atoms with van der Waals surface area (Å²) in [5, 5.41) is 5.71. The van der Waals surface area contributed by atoms with Crippen LogP contribution in [0.2, 0.25) is 20.1 Å². The highest BCUT2D eigenvalue weighted by Gasteiger charge is 2.30. The van der Waals surface area contributed by atoms with Gasteiger partial charge in [-0.15, -0.1) is 0 Å². The molecule has 1 fully saturated rings. The van der Waals surface area contributed by atoms with Crippen LogP contribution in [0.3, 0.4) is 0 Å². The fourth-order valence-corrected chi connectivity index (χ4v) is 5.39. The third-order valence-electron chi connectivity index (χ3n) is 6.50. The number of carbonyl (C=O) groups excluding carboxylic acids is 4. The van der Waals surface area contributed by atoms with Gasteiger partial charge in [0.15, 0.2) is 0 Å². The monoisotopic (exact) mass is 668 g/mol. The summed E-state index contributed by atoms with van der Waals surface area (Å²) in [6.07, 6.45) is 1.30. The number of amides is 4. The summed E-state index contributed by atoms with van der Waals surface area (Å²) in [7, 11) is 1.14. The fraction of sp³-hybridized carbons (Fsp3) is 0.259. The van der Waals surface area contributed by atoms with Crippen LogP contribution < -0.4 is 16.3 Å². The molecule has 2 heterocycles. The fourth-order valence-electron chi connectivity index (χ4n) is 4.26. The molecule has 0 radical (unpaired) electrons. The van der Waals surface area contributed by atoms with Gasteiger partial charge in [0.05, 0.1) is 44.9 Å². The lowest BCUT2D eigenvalue weighted by Crippen LogP contribution is -2.56. The molecule has 0 spiro atoms. The molecule has 0 saturated carbocycles. The number of piperazine rings is 1. The van der Waals surface area contributed by atoms with Crippen molar-refractivity contribution in [3.05, 3.63) is 90.4 Å². The Morgan fingerprint density at radius 2 is 1.40 bits per heavy atom. The second kappa shape index (κ2) is 14.1. The van der Waals surface area contributed by atoms with E-state index in [0.717, 1.165) is 11.7 Å². The smallest absolute Gasteiger partial charge is 0.349 e. The first-order valence-electron chi connectivity index (χ1n) is 12.7. The Balaban J connectivity index is 1.38. The number of ether oxygens (including phenoxy) is 1. The number of aromatic nitrogens is 2. The highest BCUT2D eigenvalue weighted by molar-refractivity contribution is 6.40. The van der Waals surface area contributed by atoms with Crippen LogP contribution in [0, 0.1) is 0 Å². The number of anilines is 1. The number of methoxy groups -OCH3 is 1. The van der Waals surface area contributed by atoms with Crippen molar-refractivity contribution in [3.8, 4) is 0 Å². The van der Waals surface area contributed by atoms with Crippen LogP contribution in [0.15, 0.2) is 53.5 Å². The average molecular weight is 670 g/mol. The van der Waals surface area contributed by atoms with E-state index in [4.69, 9.17) is 51.1 Å². The van der Waals surface area contributed by atoms with Crippen LogP contribution in [0.5, 0.6) is 0 Å². The lowest BCUT2D eigenvalue weighted by atomic mass is 10.1. The predicted molar refractivity (Wildman–Crippen MR) is 161 cm³/mol. The Labute approximate surface area is 265 Å². The molecule has 1 aromatic heterocycles. The van der Waals surface area contributed by atoms with Gasteiger partial charge in [-0.25, -0.2) is 14.4 Å². The third-order valence-corrected chi connectivity index (χ3v) is 7.76. The van der Waals surface area contributed by atoms with E-state index in [1.165, 1.54) is 34.2 Å². The zero-order valence-corrected chi connectivity index (χ0v) is 25.5. The Hall–Kier alpha value is -3.84. The zero-order valence-electron chi connectivity index (χ0n) is 22.5. The molecule has 3 aromatic rings. The van der Waals surface area contributed by atoms with E-state index in [0.29, 0.717) is 0 Å². The van der Waals surface area contributed by atoms with E-state index in [9.17, 15) is 24.0 Å². The van der Waals surface area contributed by atoms with Gasteiger partial charge in [0.1, 0.15) is 11.9 Å². The maximum Gasteiger partial charge on any atom is 0.349 e. The lowest BCUT2D eigenvalue weighted by molar-refractivity contribution is -0.143. The van der Waals surface area contributed by atoms with Crippen molar-refractivity contribution in [2.45, 2.75) is 12.6 Å². The summed E-state index contributed by atoms with van der Waals surface area (Å²) in [5.74, 6) is -1.90. The molecule has 4 rings (SSSR count). The molecule has 16 heteroatoms. The molecule has 43 heavy (non-hydrogen) atoms. The summed E-state index contributed by atoms with van der Waals surface area (Å²) in [6, 6.07) is 8.82. The van der Waals surface area contributed by atoms with Crippen molar-refractivity contribution in [3.63, 3.8) is 0 Å². The standard InChI is InChI=1S/C27H24Cl4N6O6/c1-43-25(40)19(14-37-9-8-20(34-27(37)42)33-23(38)21-15(28)4-2-5-16(21)29)32-26(41)36-12-10-35(11-13-36)24(39)22-17(30)6-3-7-18(22)31/h2-9,19H,10-14H2,1H3,(H,32,41)(H,33,34,38,42)/t19-/m1/s1. The molecule has 2 aromatic carbocycles. The predicted octanol–water partition coefficient (Wildman–Crippen LogP) is 3.82. The van der Waals surface area contributed by atoms with Crippen LogP contribution in [-0.2, 0) is 16.1 Å². The number of hydrogen-bond acceptors (Lipinski definition) is 7. The summed E-state index contributed by atoms with van der Waals surface area (Å²) in [4.78, 5) is 70.5. The molecule has 0 aliphatic carbocycles. The average Bonchev–Trinajstić information content (AvgIpc) is 2.97. The van der Waals surface area contributed by atoms with E-state index in [1.54, 1.807) is 24.3 Å². The van der Waals surface area contributed by atoms with Crippen molar-refractivity contribution < 1.29 is 23.9 Å². The van der Waals surface area contributed by atoms with E-state index >= 15 is 0 Å². The molecular formula is C27H24Cl4N6O6. The second-order valence-corrected chi connectivity index (χ2v) is 10.8. The van der Waals surface area contributed by atoms with Crippen LogP contribution in [0.4, 0.5) is 10.6 Å². The minimum Gasteiger partial charge on any atom is -0.467 e. The maximum atomic E-state index is 13.0. The molecule has 4 amide bonds. The number of nitrogens with zero attached hydrogens (tertiary/aromatic N) is 4. The molecule has 226 valence electrons. The minimum absolute atomic E-state index is 0.0168. The Bertz CT molecular complexity index is 1590. The molecule has 1 aliphatic heterocycles. The molecule has 0 bridgehead atoms. The van der Waals surface area contributed by atoms with Gasteiger partial charge in [-0.1, -0.05) is 58.5 Å². The SMILES string of the molecule is COC(=O)[C@@H](Cn1ccc(NC(=O)c2c(Cl)cccc2Cl)nc1=O)NC(=O)N1CCN(C(=O)c2c(Cl)cccc2Cl)CC1. The van der Waals surface area contributed by atoms with E-state index in [1.807, 2.05) is 0 Å². The molecule has 12 nitrogen and oxygen atoms in total. The minimum atomic E-state index is -1.25. The highest BCUT2D eigenvalue weighted by Crippen LogP contribution is 2.27. The first-order valence-corrected chi connectivity index (χ1v) is 14.2. The number of benzene rings is 2. The van der Waals surface area contributed by atoms with Crippen LogP contribution in [0.1, 0.15) is 20.7 Å². The van der Waals surface area contributed by atoms with Gasteiger partial charge >= 0.3 is 17.7 Å². The largest absolute Gasteiger partial charge is 0.467 e. The lowest BCUT2D eigenvalue weighted by Gasteiger charge is -2.35. The third kappa shape index (κ3) is 7.57. The van der Waals surface area contributed by atoms with Crippen molar-refractivity contribution in [1.82, 2.24) is 24.7 Å². The molecule has 1 saturated heterocycles. The second-order valence-electron chi connectivity index (χ2n) is 9.20. The quantitative estimate of drug-likeness (QED) is 0.364. The van der Waals surface area contributed by atoms with Crippen molar-refractivity contribution in [2.24, 2.45) is 0 Å². The van der Waals surface area contributed by atoms with Gasteiger partial charge < -0.3 is 25.2 Å². The Morgan fingerprint density at radius 1 is 0.860 bits per heavy atom. The number of esters is 1. The number of halogens is 4. The van der Waals surface area contributed by atoms with Gasteiger partial charge in [-0.2, -0.15) is 4.98 Å². The first-order chi connectivity index (χ1) is 20.5. The van der Waals surface area contributed by atoms with Gasteiger partial charge in [-0.3, -0.25) is 14.2 Å². The highest BCUT2D eigenvalue weighted by atomic mass is 35.5. The summed E-state index contributed by atoms with van der Waals surface area (Å²) in [5.41, 5.74) is -0.605. The molecule has 1 atom stereocenters. The summed E-state index contributed by atoms with van der Waals surface area (Å²) >= 11 is 24.4. The normalized spacial score (nSPS) is 13.7. The molecular weight excluding hydrogens is 646 g/mol. The van der Waals surface area contributed by atoms with E-state index in [2.05, 4.69) is 15.6 Å². The molecule has 0 unspecified atom stereocenters. The van der Waals surface area contributed by atoms with Crippen LogP contribution >= 0.6 is 46.4 Å². The number of rotatable bonds is 7. The van der Waals surface area contributed by atoms with Crippen molar-refractivity contribution in [2.75, 3.05) is 38.6 Å². The summed E-state index contributed by atoms with van der Waals surface area (Å²) < 4.78 is 5.89. The number of urea groups is 1. The van der Waals surface area contributed by atoms with Gasteiger partial charge in [0, 0.05) is 32.4 Å². The zero-order chi connectivity index (χ0) is 31.3. The number of hydrogen-bond donors (Lipinski definition) is 2. The van der Waals surface area contributed by atoms with Crippen molar-refractivity contribution in [1.29, 1.82) is 0 Å².